The third kappa shape index (κ3) is 3.10. The Morgan fingerprint density at radius 1 is 0.968 bits per heavy atom. The van der Waals surface area contributed by atoms with Gasteiger partial charge < -0.3 is 9.15 Å². The van der Waals surface area contributed by atoms with Crippen molar-refractivity contribution in [1.82, 2.24) is 0 Å². The Labute approximate surface area is 179 Å². The second kappa shape index (κ2) is 7.43. The van der Waals surface area contributed by atoms with Gasteiger partial charge in [0.15, 0.2) is 5.43 Å². The molecule has 1 atom stereocenters. The van der Waals surface area contributed by atoms with Crippen molar-refractivity contribution in [3.05, 3.63) is 105 Å². The molecule has 154 valence electrons. The summed E-state index contributed by atoms with van der Waals surface area (Å²) in [6, 6.07) is 21.6. The van der Waals surface area contributed by atoms with E-state index in [1.807, 2.05) is 62.4 Å². The SMILES string of the molecule is CCOc1cccc(C2c3c(oc4ccccc4c3=O)C(=O)N2c2ccc(C)cc2)c1. The first kappa shape index (κ1) is 19.1. The van der Waals surface area contributed by atoms with Crippen LogP contribution in [0.5, 0.6) is 5.75 Å². The van der Waals surface area contributed by atoms with Crippen molar-refractivity contribution in [3.63, 3.8) is 0 Å². The van der Waals surface area contributed by atoms with Crippen molar-refractivity contribution >= 4 is 22.6 Å². The third-order valence-corrected chi connectivity index (χ3v) is 5.57. The average Bonchev–Trinajstić information content (AvgIpc) is 3.08. The van der Waals surface area contributed by atoms with Crippen LogP contribution < -0.4 is 15.1 Å². The van der Waals surface area contributed by atoms with Crippen LogP contribution >= 0.6 is 0 Å². The van der Waals surface area contributed by atoms with Crippen LogP contribution in [0.15, 0.2) is 82.0 Å². The summed E-state index contributed by atoms with van der Waals surface area (Å²) in [5.41, 5.74) is 3.16. The highest BCUT2D eigenvalue weighted by molar-refractivity contribution is 6.10. The monoisotopic (exact) mass is 411 g/mol. The summed E-state index contributed by atoms with van der Waals surface area (Å²) in [5, 5.41) is 0.464. The van der Waals surface area contributed by atoms with Crippen LogP contribution in [0.4, 0.5) is 5.69 Å². The molecule has 5 rings (SSSR count). The van der Waals surface area contributed by atoms with Crippen LogP contribution in [0.2, 0.25) is 0 Å². The lowest BCUT2D eigenvalue weighted by atomic mass is 9.98. The molecule has 1 aliphatic rings. The number of nitrogens with zero attached hydrogens (tertiary/aromatic N) is 1. The molecule has 4 aromatic rings. The van der Waals surface area contributed by atoms with E-state index in [9.17, 15) is 9.59 Å². The number of aryl methyl sites for hydroxylation is 1. The molecule has 0 spiro atoms. The van der Waals surface area contributed by atoms with Gasteiger partial charge in [0, 0.05) is 5.69 Å². The van der Waals surface area contributed by atoms with Gasteiger partial charge in [-0.15, -0.1) is 0 Å². The number of carbonyl (C=O) groups excluding carboxylic acids is 1. The van der Waals surface area contributed by atoms with E-state index in [1.54, 1.807) is 29.2 Å². The highest BCUT2D eigenvalue weighted by Gasteiger charge is 2.43. The summed E-state index contributed by atoms with van der Waals surface area (Å²) in [4.78, 5) is 28.7. The summed E-state index contributed by atoms with van der Waals surface area (Å²) in [7, 11) is 0. The number of ether oxygens (including phenoxy) is 1. The van der Waals surface area contributed by atoms with Crippen LogP contribution in [0.1, 0.15) is 40.2 Å². The fourth-order valence-corrected chi connectivity index (χ4v) is 4.15. The lowest BCUT2D eigenvalue weighted by Crippen LogP contribution is -2.29. The zero-order valence-corrected chi connectivity index (χ0v) is 17.3. The maximum Gasteiger partial charge on any atom is 0.295 e. The number of carbonyl (C=O) groups is 1. The Morgan fingerprint density at radius 3 is 2.52 bits per heavy atom. The second-order valence-corrected chi connectivity index (χ2v) is 7.59. The highest BCUT2D eigenvalue weighted by atomic mass is 16.5. The van der Waals surface area contributed by atoms with E-state index >= 15 is 0 Å². The molecule has 1 amide bonds. The van der Waals surface area contributed by atoms with Gasteiger partial charge >= 0.3 is 0 Å². The Kier molecular flexibility index (Phi) is 4.59. The molecule has 0 N–H and O–H groups in total. The number of hydrogen-bond donors (Lipinski definition) is 0. The van der Waals surface area contributed by atoms with Gasteiger partial charge in [-0.2, -0.15) is 0 Å². The standard InChI is InChI=1S/C26H21NO4/c1-3-30-19-8-6-7-17(15-19)23-22-24(28)20-9-4-5-10-21(20)31-25(22)26(29)27(23)18-13-11-16(2)12-14-18/h4-15,23H,3H2,1-2H3. The van der Waals surface area contributed by atoms with Crippen LogP contribution in [0.3, 0.4) is 0 Å². The smallest absolute Gasteiger partial charge is 0.295 e. The summed E-state index contributed by atoms with van der Waals surface area (Å²) >= 11 is 0. The van der Waals surface area contributed by atoms with Crippen LogP contribution in [0.25, 0.3) is 11.0 Å². The number of benzene rings is 3. The third-order valence-electron chi connectivity index (χ3n) is 5.57. The van der Waals surface area contributed by atoms with Gasteiger partial charge in [0.1, 0.15) is 11.3 Å². The lowest BCUT2D eigenvalue weighted by molar-refractivity contribution is 0.0971. The summed E-state index contributed by atoms with van der Waals surface area (Å²) in [5.74, 6) is 0.458. The molecule has 31 heavy (non-hydrogen) atoms. The summed E-state index contributed by atoms with van der Waals surface area (Å²) in [6.45, 7) is 4.43. The fourth-order valence-electron chi connectivity index (χ4n) is 4.15. The quantitative estimate of drug-likeness (QED) is 0.460. The molecule has 1 aliphatic heterocycles. The van der Waals surface area contributed by atoms with E-state index in [-0.39, 0.29) is 17.1 Å². The summed E-state index contributed by atoms with van der Waals surface area (Å²) in [6.07, 6.45) is 0. The molecule has 0 saturated heterocycles. The second-order valence-electron chi connectivity index (χ2n) is 7.59. The van der Waals surface area contributed by atoms with Crippen molar-refractivity contribution in [1.29, 1.82) is 0 Å². The molecule has 0 bridgehead atoms. The molecule has 0 aliphatic carbocycles. The van der Waals surface area contributed by atoms with E-state index < -0.39 is 6.04 Å². The van der Waals surface area contributed by atoms with E-state index in [0.717, 1.165) is 11.1 Å². The Hall–Kier alpha value is -3.86. The predicted molar refractivity (Wildman–Crippen MR) is 120 cm³/mol. The average molecular weight is 411 g/mol. The van der Waals surface area contributed by atoms with Gasteiger partial charge in [0.25, 0.3) is 5.91 Å². The fraction of sp³-hybridized carbons (Fsp3) is 0.154. The molecule has 0 radical (unpaired) electrons. The van der Waals surface area contributed by atoms with Crippen LogP contribution in [0, 0.1) is 6.92 Å². The zero-order chi connectivity index (χ0) is 21.5. The number of anilines is 1. The molecule has 5 nitrogen and oxygen atoms in total. The van der Waals surface area contributed by atoms with Crippen LogP contribution in [-0.4, -0.2) is 12.5 Å². The minimum Gasteiger partial charge on any atom is -0.494 e. The van der Waals surface area contributed by atoms with E-state index in [0.29, 0.717) is 34.6 Å². The topological polar surface area (TPSA) is 59.8 Å². The van der Waals surface area contributed by atoms with Crippen molar-refractivity contribution < 1.29 is 13.9 Å². The van der Waals surface area contributed by atoms with Gasteiger partial charge in [0.05, 0.1) is 23.6 Å². The van der Waals surface area contributed by atoms with Gasteiger partial charge in [-0.25, -0.2) is 0 Å². The van der Waals surface area contributed by atoms with Gasteiger partial charge in [-0.1, -0.05) is 42.0 Å². The van der Waals surface area contributed by atoms with Crippen molar-refractivity contribution in [3.8, 4) is 5.75 Å². The molecule has 3 aromatic carbocycles. The molecule has 0 saturated carbocycles. The maximum atomic E-state index is 13.5. The molecular weight excluding hydrogens is 390 g/mol. The molecule has 1 aromatic heterocycles. The van der Waals surface area contributed by atoms with E-state index in [1.165, 1.54) is 0 Å². The zero-order valence-electron chi connectivity index (χ0n) is 17.3. The minimum atomic E-state index is -0.605. The van der Waals surface area contributed by atoms with Gasteiger partial charge in [-0.3, -0.25) is 14.5 Å². The number of fused-ring (bicyclic) bond motifs is 2. The molecule has 2 heterocycles. The van der Waals surface area contributed by atoms with Gasteiger partial charge in [-0.05, 0) is 55.8 Å². The molecule has 5 heteroatoms. The number of para-hydroxylation sites is 1. The minimum absolute atomic E-state index is 0.0936. The van der Waals surface area contributed by atoms with E-state index in [2.05, 4.69) is 0 Å². The predicted octanol–water partition coefficient (Wildman–Crippen LogP) is 5.25. The summed E-state index contributed by atoms with van der Waals surface area (Å²) < 4.78 is 11.7. The molecular formula is C26H21NO4. The Morgan fingerprint density at radius 2 is 1.74 bits per heavy atom. The highest BCUT2D eigenvalue weighted by Crippen LogP contribution is 2.41. The van der Waals surface area contributed by atoms with E-state index in [4.69, 9.17) is 9.15 Å². The number of hydrogen-bond acceptors (Lipinski definition) is 4. The first-order chi connectivity index (χ1) is 15.1. The number of rotatable bonds is 4. The van der Waals surface area contributed by atoms with Crippen molar-refractivity contribution in [2.75, 3.05) is 11.5 Å². The van der Waals surface area contributed by atoms with Crippen molar-refractivity contribution in [2.24, 2.45) is 0 Å². The lowest BCUT2D eigenvalue weighted by Gasteiger charge is -2.25. The molecule has 0 fully saturated rings. The first-order valence-electron chi connectivity index (χ1n) is 10.3. The normalized spacial score (nSPS) is 15.4. The van der Waals surface area contributed by atoms with Crippen LogP contribution in [-0.2, 0) is 0 Å². The molecule has 1 unspecified atom stereocenters. The maximum absolute atomic E-state index is 13.5. The largest absolute Gasteiger partial charge is 0.494 e. The van der Waals surface area contributed by atoms with Crippen molar-refractivity contribution in [2.45, 2.75) is 19.9 Å². The first-order valence-corrected chi connectivity index (χ1v) is 10.3. The number of amides is 1. The van der Waals surface area contributed by atoms with Gasteiger partial charge in [0.2, 0.25) is 5.76 Å². The Bertz CT molecular complexity index is 1350. The Balaban J connectivity index is 1.78.